The molecular weight excluding hydrogens is 273 g/mol. The van der Waals surface area contributed by atoms with Gasteiger partial charge in [-0.3, -0.25) is 9.59 Å². The van der Waals surface area contributed by atoms with Crippen LogP contribution in [-0.4, -0.2) is 25.4 Å². The van der Waals surface area contributed by atoms with Crippen LogP contribution < -0.4 is 56.1 Å². The van der Waals surface area contributed by atoms with Crippen LogP contribution in [-0.2, 0) is 14.8 Å². The summed E-state index contributed by atoms with van der Waals surface area (Å²) in [5, 5.41) is 7.42. The molecule has 0 saturated heterocycles. The van der Waals surface area contributed by atoms with Gasteiger partial charge in [0.15, 0.2) is 0 Å². The predicted octanol–water partition coefficient (Wildman–Crippen LogP) is -2.67. The van der Waals surface area contributed by atoms with E-state index in [0.29, 0.717) is 0 Å². The second-order valence-corrected chi connectivity index (χ2v) is 4.60. The Morgan fingerprint density at radius 2 is 1.82 bits per heavy atom. The second kappa shape index (κ2) is 6.62. The number of carboxylic acids is 1. The number of rotatable bonds is 0. The standard InChI is InChI=1S/C7H5NO3S.C2H4O2.K.H/c9-7-5-3-1-2-4-6(5)12(10,11)8-7;1-2(3)4;;/h1-4H,(H,8,9);1H3,(H,3,4);;/q;;+1;-1. The van der Waals surface area contributed by atoms with Crippen LogP contribution in [0.1, 0.15) is 18.7 Å². The van der Waals surface area contributed by atoms with Crippen molar-refractivity contribution >= 4 is 21.9 Å². The zero-order chi connectivity index (χ0) is 12.3. The molecule has 0 aromatic heterocycles. The van der Waals surface area contributed by atoms with Crippen molar-refractivity contribution in [3.8, 4) is 0 Å². The van der Waals surface area contributed by atoms with Crippen molar-refractivity contribution in [2.75, 3.05) is 0 Å². The van der Waals surface area contributed by atoms with Crippen LogP contribution in [0.5, 0.6) is 0 Å². The van der Waals surface area contributed by atoms with Crippen LogP contribution in [0.15, 0.2) is 29.2 Å². The molecule has 1 aliphatic rings. The summed E-state index contributed by atoms with van der Waals surface area (Å²) in [6, 6.07) is 6.09. The van der Waals surface area contributed by atoms with Crippen LogP contribution in [0.3, 0.4) is 0 Å². The van der Waals surface area contributed by atoms with Crippen molar-refractivity contribution in [2.24, 2.45) is 0 Å². The Hall–Kier alpha value is -0.254. The summed E-state index contributed by atoms with van der Waals surface area (Å²) in [6.45, 7) is 1.08. The number of sulfonamides is 1. The Morgan fingerprint density at radius 3 is 2.29 bits per heavy atom. The molecule has 0 atom stereocenters. The van der Waals surface area contributed by atoms with Crippen LogP contribution in [0, 0.1) is 0 Å². The number of hydrogen-bond acceptors (Lipinski definition) is 4. The van der Waals surface area contributed by atoms with E-state index in [-0.39, 0.29) is 63.3 Å². The van der Waals surface area contributed by atoms with Gasteiger partial charge >= 0.3 is 51.4 Å². The quantitative estimate of drug-likeness (QED) is 0.506. The molecule has 1 aliphatic heterocycles. The molecule has 88 valence electrons. The topological polar surface area (TPSA) is 101 Å². The largest absolute Gasteiger partial charge is 1.00 e. The van der Waals surface area contributed by atoms with Gasteiger partial charge in [-0.15, -0.1) is 0 Å². The summed E-state index contributed by atoms with van der Waals surface area (Å²) in [5.41, 5.74) is 0.220. The van der Waals surface area contributed by atoms with Gasteiger partial charge in [0.05, 0.1) is 5.56 Å². The molecule has 17 heavy (non-hydrogen) atoms. The first-order valence-electron chi connectivity index (χ1n) is 4.20. The fourth-order valence-corrected chi connectivity index (χ4v) is 2.29. The molecule has 6 nitrogen and oxygen atoms in total. The second-order valence-electron chi connectivity index (χ2n) is 2.95. The Balaban J connectivity index is 0. The summed E-state index contributed by atoms with van der Waals surface area (Å²) in [4.78, 5) is 20.1. The minimum atomic E-state index is -3.55. The fraction of sp³-hybridized carbons (Fsp3) is 0.111. The maximum atomic E-state index is 11.1. The van der Waals surface area contributed by atoms with E-state index in [1.165, 1.54) is 12.1 Å². The predicted molar refractivity (Wildman–Crippen MR) is 55.5 cm³/mol. The molecule has 0 bridgehead atoms. The number of benzene rings is 1. The molecule has 0 saturated carbocycles. The van der Waals surface area contributed by atoms with E-state index in [1.54, 1.807) is 12.1 Å². The van der Waals surface area contributed by atoms with Crippen LogP contribution in [0.2, 0.25) is 0 Å². The number of amides is 1. The van der Waals surface area contributed by atoms with Crippen molar-refractivity contribution in [1.29, 1.82) is 0 Å². The number of carbonyl (C=O) groups is 2. The molecule has 8 heteroatoms. The summed E-state index contributed by atoms with van der Waals surface area (Å²) < 4.78 is 24.2. The average molecular weight is 283 g/mol. The molecule has 0 aliphatic carbocycles. The molecule has 0 unspecified atom stereocenters. The zero-order valence-corrected chi connectivity index (χ0v) is 13.2. The first-order valence-corrected chi connectivity index (χ1v) is 5.68. The van der Waals surface area contributed by atoms with Gasteiger partial charge in [-0.1, -0.05) is 12.1 Å². The zero-order valence-electron chi connectivity index (χ0n) is 10.3. The number of fused-ring (bicyclic) bond motifs is 1. The van der Waals surface area contributed by atoms with E-state index in [9.17, 15) is 13.2 Å². The van der Waals surface area contributed by atoms with E-state index in [1.807, 2.05) is 4.72 Å². The molecule has 1 heterocycles. The minimum Gasteiger partial charge on any atom is -1.00 e. The number of carboxylic acid groups (broad SMARTS) is 1. The van der Waals surface area contributed by atoms with Gasteiger partial charge < -0.3 is 6.53 Å². The van der Waals surface area contributed by atoms with Gasteiger partial charge in [0, 0.05) is 6.92 Å². The van der Waals surface area contributed by atoms with Gasteiger partial charge in [0.2, 0.25) is 0 Å². The van der Waals surface area contributed by atoms with Crippen LogP contribution >= 0.6 is 0 Å². The van der Waals surface area contributed by atoms with Crippen molar-refractivity contribution in [3.63, 3.8) is 0 Å². The number of carbonyl (C=O) groups excluding carboxylic acids is 1. The molecule has 1 amide bonds. The van der Waals surface area contributed by atoms with E-state index in [4.69, 9.17) is 9.90 Å². The fourth-order valence-electron chi connectivity index (χ4n) is 1.12. The molecule has 0 radical (unpaired) electrons. The number of hydrogen-bond donors (Lipinski definition) is 2. The summed E-state index contributed by atoms with van der Waals surface area (Å²) >= 11 is 0. The van der Waals surface area contributed by atoms with Crippen molar-refractivity contribution < 1.29 is 75.9 Å². The third kappa shape index (κ3) is 4.49. The molecule has 0 fully saturated rings. The Labute approximate surface area is 142 Å². The number of nitrogens with one attached hydrogen (secondary N) is 1. The van der Waals surface area contributed by atoms with Gasteiger partial charge in [-0.2, -0.15) is 0 Å². The van der Waals surface area contributed by atoms with E-state index < -0.39 is 21.9 Å². The SMILES string of the molecule is CC(=O)O.O=C1NS(=O)(=O)c2ccccc21.[H-].[K+]. The number of aliphatic carboxylic acids is 1. The third-order valence-electron chi connectivity index (χ3n) is 1.65. The molecule has 2 rings (SSSR count). The van der Waals surface area contributed by atoms with E-state index in [0.717, 1.165) is 6.92 Å². The summed E-state index contributed by atoms with van der Waals surface area (Å²) in [6.07, 6.45) is 0. The molecule has 2 N–H and O–H groups in total. The van der Waals surface area contributed by atoms with E-state index >= 15 is 0 Å². The van der Waals surface area contributed by atoms with Crippen LogP contribution in [0.4, 0.5) is 0 Å². The monoisotopic (exact) mass is 283 g/mol. The van der Waals surface area contributed by atoms with Crippen LogP contribution in [0.25, 0.3) is 0 Å². The van der Waals surface area contributed by atoms with Crippen molar-refractivity contribution in [2.45, 2.75) is 11.8 Å². The first-order chi connectivity index (χ1) is 7.34. The van der Waals surface area contributed by atoms with Gasteiger partial charge in [-0.05, 0) is 12.1 Å². The van der Waals surface area contributed by atoms with Crippen molar-refractivity contribution in [1.82, 2.24) is 4.72 Å². The Morgan fingerprint density at radius 1 is 1.35 bits per heavy atom. The third-order valence-corrected chi connectivity index (χ3v) is 3.04. The Kier molecular flexibility index (Phi) is 6.52. The smallest absolute Gasteiger partial charge is 1.00 e. The molecular formula is C9H10KNO5S. The van der Waals surface area contributed by atoms with Gasteiger partial charge in [0.25, 0.3) is 21.9 Å². The molecule has 0 spiro atoms. The molecule has 1 aromatic rings. The Bertz CT molecular complexity index is 542. The summed E-state index contributed by atoms with van der Waals surface area (Å²) in [7, 11) is -3.55. The van der Waals surface area contributed by atoms with E-state index in [2.05, 4.69) is 0 Å². The van der Waals surface area contributed by atoms with Crippen molar-refractivity contribution in [3.05, 3.63) is 29.8 Å². The minimum absolute atomic E-state index is 0. The summed E-state index contributed by atoms with van der Waals surface area (Å²) in [5.74, 6) is -1.38. The van der Waals surface area contributed by atoms with Gasteiger partial charge in [0.1, 0.15) is 4.90 Å². The maximum Gasteiger partial charge on any atom is 1.00 e. The van der Waals surface area contributed by atoms with Gasteiger partial charge in [-0.25, -0.2) is 13.1 Å². The normalized spacial score (nSPS) is 14.5. The first kappa shape index (κ1) is 16.7. The maximum absolute atomic E-state index is 11.1. The average Bonchev–Trinajstić information content (AvgIpc) is 2.38. The molecule has 1 aromatic carbocycles.